The Bertz CT molecular complexity index is 1390. The zero-order chi connectivity index (χ0) is 24.0. The zero-order valence-electron chi connectivity index (χ0n) is 17.3. The number of nitrogens with one attached hydrogen (secondary N) is 1. The third kappa shape index (κ3) is 6.03. The normalized spacial score (nSPS) is 11.3. The Labute approximate surface area is 189 Å². The number of amides is 1. The Morgan fingerprint density at radius 2 is 1.79 bits per heavy atom. The molecular weight excluding hydrogens is 446 g/mol. The number of hydrogen-bond donors (Lipinski definition) is 1. The molecule has 0 radical (unpaired) electrons. The van der Waals surface area contributed by atoms with Crippen molar-refractivity contribution in [1.82, 2.24) is 0 Å². The molecular formula is C23H17N3O6S. The fraction of sp³-hybridized carbons (Fsp3) is 0.0435. The van der Waals surface area contributed by atoms with Crippen LogP contribution in [0.3, 0.4) is 0 Å². The molecule has 3 rings (SSSR count). The topological polar surface area (TPSA) is 139 Å². The Balaban J connectivity index is 1.82. The summed E-state index contributed by atoms with van der Waals surface area (Å²) in [5.74, 6) is -0.719. The minimum Gasteiger partial charge on any atom is -0.379 e. The number of non-ortho nitro benzene ring substituents is 1. The van der Waals surface area contributed by atoms with Gasteiger partial charge in [0.2, 0.25) is 0 Å². The number of carbonyl (C=O) groups excluding carboxylic acids is 1. The van der Waals surface area contributed by atoms with E-state index in [1.165, 1.54) is 36.4 Å². The fourth-order valence-corrected chi connectivity index (χ4v) is 3.70. The van der Waals surface area contributed by atoms with Gasteiger partial charge in [-0.25, -0.2) is 0 Å². The van der Waals surface area contributed by atoms with E-state index in [2.05, 4.69) is 5.32 Å². The van der Waals surface area contributed by atoms with Gasteiger partial charge in [0.15, 0.2) is 0 Å². The van der Waals surface area contributed by atoms with E-state index in [4.69, 9.17) is 4.18 Å². The molecule has 0 aliphatic carbocycles. The molecule has 0 fully saturated rings. The third-order valence-corrected chi connectivity index (χ3v) is 5.61. The van der Waals surface area contributed by atoms with Gasteiger partial charge in [-0.1, -0.05) is 35.9 Å². The van der Waals surface area contributed by atoms with Crippen LogP contribution in [0.15, 0.2) is 83.3 Å². The van der Waals surface area contributed by atoms with Gasteiger partial charge < -0.3 is 9.50 Å². The standard InChI is InChI=1S/C23H17N3O6S/c1-16-8-10-19(11-9-16)25-23(27)18(15-24)12-17-4-2-6-21(13-17)32-33(30,31)22-7-3-5-20(14-22)26(28)29/h2-14H,1H3,(H,25,27)/b18-12-. The molecule has 0 atom stereocenters. The molecule has 1 N–H and O–H groups in total. The van der Waals surface area contributed by atoms with Crippen molar-refractivity contribution in [1.29, 1.82) is 5.26 Å². The van der Waals surface area contributed by atoms with Gasteiger partial charge in [-0.3, -0.25) is 14.9 Å². The van der Waals surface area contributed by atoms with Gasteiger partial charge >= 0.3 is 10.1 Å². The molecule has 0 heterocycles. The fourth-order valence-electron chi connectivity index (χ4n) is 2.73. The van der Waals surface area contributed by atoms with Crippen molar-refractivity contribution >= 4 is 33.5 Å². The van der Waals surface area contributed by atoms with Gasteiger partial charge in [0.25, 0.3) is 11.6 Å². The Hall–Kier alpha value is -4.49. The number of rotatable bonds is 7. The number of aryl methyl sites for hydroxylation is 1. The molecule has 0 aliphatic heterocycles. The summed E-state index contributed by atoms with van der Waals surface area (Å²) in [5, 5.41) is 22.9. The van der Waals surface area contributed by atoms with Crippen molar-refractivity contribution < 1.29 is 22.3 Å². The smallest absolute Gasteiger partial charge is 0.339 e. The van der Waals surface area contributed by atoms with Crippen LogP contribution >= 0.6 is 0 Å². The van der Waals surface area contributed by atoms with Gasteiger partial charge in [-0.2, -0.15) is 13.7 Å². The van der Waals surface area contributed by atoms with Crippen LogP contribution in [0, 0.1) is 28.4 Å². The van der Waals surface area contributed by atoms with Crippen LogP contribution in [0.5, 0.6) is 5.75 Å². The first-order chi connectivity index (χ1) is 15.7. The van der Waals surface area contributed by atoms with Crippen LogP contribution in [0.1, 0.15) is 11.1 Å². The molecule has 166 valence electrons. The van der Waals surface area contributed by atoms with E-state index in [1.54, 1.807) is 18.2 Å². The van der Waals surface area contributed by atoms with Crippen molar-refractivity contribution in [2.24, 2.45) is 0 Å². The first kappa shape index (κ1) is 23.2. The van der Waals surface area contributed by atoms with Crippen molar-refractivity contribution in [2.45, 2.75) is 11.8 Å². The van der Waals surface area contributed by atoms with E-state index in [0.29, 0.717) is 11.3 Å². The molecule has 0 spiro atoms. The van der Waals surface area contributed by atoms with Crippen molar-refractivity contribution in [3.8, 4) is 11.8 Å². The molecule has 10 heteroatoms. The molecule has 1 amide bonds. The summed E-state index contributed by atoms with van der Waals surface area (Å²) in [5.41, 5.74) is 1.29. The highest BCUT2D eigenvalue weighted by atomic mass is 32.2. The maximum atomic E-state index is 12.5. The lowest BCUT2D eigenvalue weighted by molar-refractivity contribution is -0.385. The van der Waals surface area contributed by atoms with E-state index >= 15 is 0 Å². The molecule has 0 saturated heterocycles. The lowest BCUT2D eigenvalue weighted by Crippen LogP contribution is -2.13. The molecule has 0 aliphatic rings. The largest absolute Gasteiger partial charge is 0.379 e. The summed E-state index contributed by atoms with van der Waals surface area (Å²) < 4.78 is 30.1. The van der Waals surface area contributed by atoms with Crippen molar-refractivity contribution in [3.63, 3.8) is 0 Å². The maximum absolute atomic E-state index is 12.5. The number of nitriles is 1. The van der Waals surface area contributed by atoms with Crippen molar-refractivity contribution in [2.75, 3.05) is 5.32 Å². The second kappa shape index (κ2) is 9.76. The summed E-state index contributed by atoms with van der Waals surface area (Å²) in [6.45, 7) is 1.90. The van der Waals surface area contributed by atoms with Crippen molar-refractivity contribution in [3.05, 3.63) is 99.6 Å². The lowest BCUT2D eigenvalue weighted by Gasteiger charge is -2.08. The number of hydrogen-bond acceptors (Lipinski definition) is 7. The molecule has 0 bridgehead atoms. The predicted octanol–water partition coefficient (Wildman–Crippen LogP) is 4.22. The quantitative estimate of drug-likeness (QED) is 0.182. The first-order valence-corrected chi connectivity index (χ1v) is 10.9. The highest BCUT2D eigenvalue weighted by Crippen LogP contribution is 2.23. The maximum Gasteiger partial charge on any atom is 0.339 e. The average molecular weight is 463 g/mol. The Kier molecular flexibility index (Phi) is 6.85. The second-order valence-electron chi connectivity index (χ2n) is 6.85. The summed E-state index contributed by atoms with van der Waals surface area (Å²) >= 11 is 0. The number of anilines is 1. The number of nitro groups is 1. The minimum atomic E-state index is -4.35. The Morgan fingerprint density at radius 3 is 2.45 bits per heavy atom. The minimum absolute atomic E-state index is 0.0912. The molecule has 0 unspecified atom stereocenters. The van der Waals surface area contributed by atoms with Gasteiger partial charge in [0, 0.05) is 17.8 Å². The van der Waals surface area contributed by atoms with Crippen LogP contribution in [0.25, 0.3) is 6.08 Å². The third-order valence-electron chi connectivity index (χ3n) is 4.37. The highest BCUT2D eigenvalue weighted by Gasteiger charge is 2.20. The number of nitrogens with zero attached hydrogens (tertiary/aromatic N) is 2. The van der Waals surface area contributed by atoms with Crippen LogP contribution in [0.4, 0.5) is 11.4 Å². The molecule has 0 saturated carbocycles. The number of carbonyl (C=O) groups is 1. The average Bonchev–Trinajstić information content (AvgIpc) is 2.79. The monoisotopic (exact) mass is 463 g/mol. The lowest BCUT2D eigenvalue weighted by atomic mass is 10.1. The molecule has 3 aromatic carbocycles. The summed E-state index contributed by atoms with van der Waals surface area (Å²) in [6.07, 6.45) is 1.29. The molecule has 9 nitrogen and oxygen atoms in total. The number of benzene rings is 3. The van der Waals surface area contributed by atoms with E-state index < -0.39 is 26.6 Å². The van der Waals surface area contributed by atoms with Gasteiger partial charge in [-0.05, 0) is 48.9 Å². The van der Waals surface area contributed by atoms with E-state index in [-0.39, 0.29) is 16.2 Å². The van der Waals surface area contributed by atoms with Crippen LogP contribution in [-0.4, -0.2) is 19.2 Å². The molecule has 33 heavy (non-hydrogen) atoms. The first-order valence-electron chi connectivity index (χ1n) is 9.47. The molecule has 3 aromatic rings. The summed E-state index contributed by atoms with van der Waals surface area (Å²) in [4.78, 5) is 22.2. The second-order valence-corrected chi connectivity index (χ2v) is 8.40. The summed E-state index contributed by atoms with van der Waals surface area (Å²) in [6, 6.07) is 19.1. The summed E-state index contributed by atoms with van der Waals surface area (Å²) in [7, 11) is -4.35. The van der Waals surface area contributed by atoms with Gasteiger partial charge in [-0.15, -0.1) is 0 Å². The molecule has 0 aromatic heterocycles. The van der Waals surface area contributed by atoms with E-state index in [0.717, 1.165) is 17.7 Å². The number of nitro benzene ring substituents is 1. The highest BCUT2D eigenvalue weighted by molar-refractivity contribution is 7.87. The van der Waals surface area contributed by atoms with Crippen LogP contribution in [0.2, 0.25) is 0 Å². The van der Waals surface area contributed by atoms with Crippen LogP contribution in [-0.2, 0) is 14.9 Å². The van der Waals surface area contributed by atoms with Gasteiger partial charge in [0.05, 0.1) is 4.92 Å². The Morgan fingerprint density at radius 1 is 1.09 bits per heavy atom. The predicted molar refractivity (Wildman–Crippen MR) is 121 cm³/mol. The zero-order valence-corrected chi connectivity index (χ0v) is 18.1. The van der Waals surface area contributed by atoms with E-state index in [9.17, 15) is 28.6 Å². The van der Waals surface area contributed by atoms with Crippen LogP contribution < -0.4 is 9.50 Å². The van der Waals surface area contributed by atoms with Gasteiger partial charge in [0.1, 0.15) is 22.3 Å². The van der Waals surface area contributed by atoms with E-state index in [1.807, 2.05) is 25.1 Å². The SMILES string of the molecule is Cc1ccc(NC(=O)/C(C#N)=C\c2cccc(OS(=O)(=O)c3cccc([N+](=O)[O-])c3)c2)cc1.